The summed E-state index contributed by atoms with van der Waals surface area (Å²) >= 11 is 0. The highest BCUT2D eigenvalue weighted by Crippen LogP contribution is 2.33. The van der Waals surface area contributed by atoms with Gasteiger partial charge in [-0.1, -0.05) is 0 Å². The molecule has 6 rings (SSSR count). The van der Waals surface area contributed by atoms with E-state index in [2.05, 4.69) is 26.3 Å². The maximum absolute atomic E-state index is 14.2. The van der Waals surface area contributed by atoms with E-state index in [1.54, 1.807) is 16.8 Å². The number of hydrogen-bond acceptors (Lipinski definition) is 8. The van der Waals surface area contributed by atoms with Crippen LogP contribution in [0, 0.1) is 5.82 Å². The summed E-state index contributed by atoms with van der Waals surface area (Å²) in [7, 11) is 0. The van der Waals surface area contributed by atoms with E-state index in [-0.39, 0.29) is 30.0 Å². The minimum atomic E-state index is -0.571. The average molecular weight is 468 g/mol. The lowest BCUT2D eigenvalue weighted by Crippen LogP contribution is -2.54. The topological polar surface area (TPSA) is 102 Å². The molecule has 1 fully saturated rings. The van der Waals surface area contributed by atoms with Gasteiger partial charge in [-0.05, 0) is 25.1 Å². The normalized spacial score (nSPS) is 24.0. The van der Waals surface area contributed by atoms with Crippen molar-refractivity contribution in [2.24, 2.45) is 0 Å². The zero-order chi connectivity index (χ0) is 23.2. The van der Waals surface area contributed by atoms with Crippen molar-refractivity contribution >= 4 is 11.0 Å². The van der Waals surface area contributed by atoms with E-state index in [1.165, 1.54) is 11.6 Å². The van der Waals surface area contributed by atoms with Gasteiger partial charge >= 0.3 is 0 Å². The van der Waals surface area contributed by atoms with Gasteiger partial charge in [0.25, 0.3) is 5.56 Å². The Morgan fingerprint density at radius 1 is 1.24 bits per heavy atom. The first kappa shape index (κ1) is 21.5. The molecule has 9 nitrogen and oxygen atoms in total. The quantitative estimate of drug-likeness (QED) is 0.574. The van der Waals surface area contributed by atoms with Crippen molar-refractivity contribution in [1.29, 1.82) is 0 Å². The molecule has 6 heterocycles. The van der Waals surface area contributed by atoms with Gasteiger partial charge in [-0.2, -0.15) is 0 Å². The van der Waals surface area contributed by atoms with Gasteiger partial charge in [0.15, 0.2) is 11.6 Å². The molecule has 178 valence electrons. The van der Waals surface area contributed by atoms with Crippen molar-refractivity contribution < 1.29 is 19.0 Å². The Kier molecular flexibility index (Phi) is 5.43. The molecule has 10 heteroatoms. The summed E-state index contributed by atoms with van der Waals surface area (Å²) in [5.41, 5.74) is 2.83. The van der Waals surface area contributed by atoms with Crippen LogP contribution in [0.15, 0.2) is 35.4 Å². The predicted octanol–water partition coefficient (Wildman–Crippen LogP) is 1.02. The highest BCUT2D eigenvalue weighted by atomic mass is 19.1. The lowest BCUT2D eigenvalue weighted by Gasteiger charge is -2.39. The van der Waals surface area contributed by atoms with Crippen LogP contribution in [0.2, 0.25) is 0 Å². The Morgan fingerprint density at radius 3 is 3.03 bits per heavy atom. The first-order valence-corrected chi connectivity index (χ1v) is 11.6. The third-order valence-corrected chi connectivity index (χ3v) is 6.95. The Bertz CT molecular complexity index is 1300. The van der Waals surface area contributed by atoms with Crippen molar-refractivity contribution in [3.05, 3.63) is 58.0 Å². The molecule has 2 N–H and O–H groups in total. The number of nitrogens with one attached hydrogen (secondary N) is 1. The highest BCUT2D eigenvalue weighted by molar-refractivity contribution is 5.82. The highest BCUT2D eigenvalue weighted by Gasteiger charge is 2.32. The van der Waals surface area contributed by atoms with Crippen LogP contribution in [-0.4, -0.2) is 69.5 Å². The molecule has 0 saturated carbocycles. The molecule has 3 atom stereocenters. The molecule has 3 aliphatic rings. The van der Waals surface area contributed by atoms with Crippen LogP contribution in [0.3, 0.4) is 0 Å². The van der Waals surface area contributed by atoms with Crippen LogP contribution in [0.1, 0.15) is 23.7 Å². The third kappa shape index (κ3) is 3.81. The van der Waals surface area contributed by atoms with Gasteiger partial charge in [-0.3, -0.25) is 24.2 Å². The van der Waals surface area contributed by atoms with Gasteiger partial charge < -0.3 is 19.9 Å². The molecule has 0 amide bonds. The summed E-state index contributed by atoms with van der Waals surface area (Å²) in [4.78, 5) is 23.4. The van der Waals surface area contributed by atoms with Crippen LogP contribution in [0.4, 0.5) is 4.39 Å². The second-order valence-corrected chi connectivity index (χ2v) is 9.16. The lowest BCUT2D eigenvalue weighted by molar-refractivity contribution is 0.0294. The Hall–Kier alpha value is -3.08. The molecule has 0 spiro atoms. The number of aliphatic hydroxyl groups excluding tert-OH is 1. The third-order valence-electron chi connectivity index (χ3n) is 6.95. The standard InChI is InChI=1S/C24H26FN5O4/c25-17-9-28-19-1-2-22(32)30-16(13-34-24(17)23(19)30)11-29-5-3-18(20(31)12-29)27-8-15-7-14-4-6-33-21(14)10-26-15/h1-2,7,9-10,16,18,20,27,31H,3-6,8,11-13H2/t16-,18+,20-/m1/s1. The molecule has 3 aromatic heterocycles. The molecular weight excluding hydrogens is 441 g/mol. The van der Waals surface area contributed by atoms with Crippen molar-refractivity contribution in [2.45, 2.75) is 37.6 Å². The number of hydrogen-bond donors (Lipinski definition) is 2. The summed E-state index contributed by atoms with van der Waals surface area (Å²) < 4.78 is 27.0. The SMILES string of the molecule is O=c1ccc2ncc(F)c3c2n1[C@H](CN1CC[C@H](NCc2cc4c(cn2)OCC4)[C@H](O)C1)CO3. The summed E-state index contributed by atoms with van der Waals surface area (Å²) in [5, 5.41) is 14.2. The fraction of sp³-hybridized carbons (Fsp3) is 0.458. The summed E-state index contributed by atoms with van der Waals surface area (Å²) in [6.45, 7) is 3.22. The molecular formula is C24H26FN5O4. The molecule has 0 unspecified atom stereocenters. The molecule has 0 radical (unpaired) electrons. The van der Waals surface area contributed by atoms with Crippen LogP contribution in [0.5, 0.6) is 11.5 Å². The van der Waals surface area contributed by atoms with Gasteiger partial charge in [0.2, 0.25) is 0 Å². The number of nitrogens with zero attached hydrogens (tertiary/aromatic N) is 4. The number of rotatable bonds is 5. The zero-order valence-electron chi connectivity index (χ0n) is 18.6. The average Bonchev–Trinajstić information content (AvgIpc) is 3.31. The monoisotopic (exact) mass is 467 g/mol. The molecule has 3 aromatic rings. The minimum absolute atomic E-state index is 0.0460. The number of aromatic nitrogens is 3. The van der Waals surface area contributed by atoms with Gasteiger partial charge in [0.1, 0.15) is 17.9 Å². The van der Waals surface area contributed by atoms with Crippen LogP contribution >= 0.6 is 0 Å². The van der Waals surface area contributed by atoms with Gasteiger partial charge in [0, 0.05) is 43.7 Å². The van der Waals surface area contributed by atoms with Gasteiger partial charge in [0.05, 0.1) is 42.4 Å². The first-order chi connectivity index (χ1) is 16.6. The second kappa shape index (κ2) is 8.61. The number of β-amino-alcohol motifs (C(OH)–C–C–N with tert-alkyl or cyclic N) is 1. The molecule has 0 aromatic carbocycles. The van der Waals surface area contributed by atoms with Crippen LogP contribution in [0.25, 0.3) is 11.0 Å². The van der Waals surface area contributed by atoms with Crippen molar-refractivity contribution in [2.75, 3.05) is 32.8 Å². The van der Waals surface area contributed by atoms with E-state index >= 15 is 0 Å². The van der Waals surface area contributed by atoms with Crippen molar-refractivity contribution in [1.82, 2.24) is 24.8 Å². The number of piperidine rings is 1. The largest absolute Gasteiger partial charge is 0.491 e. The van der Waals surface area contributed by atoms with Crippen molar-refractivity contribution in [3.8, 4) is 11.5 Å². The Labute approximate surface area is 195 Å². The van der Waals surface area contributed by atoms with E-state index in [4.69, 9.17) is 9.47 Å². The number of fused-ring (bicyclic) bond motifs is 1. The lowest BCUT2D eigenvalue weighted by atomic mass is 10.0. The predicted molar refractivity (Wildman–Crippen MR) is 122 cm³/mol. The minimum Gasteiger partial charge on any atom is -0.491 e. The van der Waals surface area contributed by atoms with Gasteiger partial charge in [-0.15, -0.1) is 0 Å². The smallest absolute Gasteiger partial charge is 0.251 e. The van der Waals surface area contributed by atoms with Crippen molar-refractivity contribution in [3.63, 3.8) is 0 Å². The molecule has 1 saturated heterocycles. The second-order valence-electron chi connectivity index (χ2n) is 9.16. The number of aliphatic hydroxyl groups is 1. The van der Waals surface area contributed by atoms with E-state index in [9.17, 15) is 14.3 Å². The Balaban J connectivity index is 1.11. The fourth-order valence-corrected chi connectivity index (χ4v) is 5.22. The van der Waals surface area contributed by atoms with E-state index < -0.39 is 11.9 Å². The first-order valence-electron chi connectivity index (χ1n) is 11.6. The fourth-order valence-electron chi connectivity index (χ4n) is 5.22. The summed E-state index contributed by atoms with van der Waals surface area (Å²) in [6, 6.07) is 4.78. The van der Waals surface area contributed by atoms with Crippen LogP contribution < -0.4 is 20.3 Å². The maximum Gasteiger partial charge on any atom is 0.251 e. The van der Waals surface area contributed by atoms with E-state index in [1.807, 2.05) is 0 Å². The van der Waals surface area contributed by atoms with Crippen LogP contribution in [-0.2, 0) is 13.0 Å². The van der Waals surface area contributed by atoms with E-state index in [0.29, 0.717) is 37.3 Å². The molecule has 0 bridgehead atoms. The number of pyridine rings is 3. The molecule has 0 aliphatic carbocycles. The number of likely N-dealkylation sites (tertiary alicyclic amines) is 1. The number of ether oxygens (including phenoxy) is 2. The molecule has 3 aliphatic heterocycles. The summed E-state index contributed by atoms with van der Waals surface area (Å²) in [6.07, 6.45) is 3.99. The van der Waals surface area contributed by atoms with Gasteiger partial charge in [-0.25, -0.2) is 4.39 Å². The maximum atomic E-state index is 14.2. The zero-order valence-corrected chi connectivity index (χ0v) is 18.6. The molecule has 34 heavy (non-hydrogen) atoms. The summed E-state index contributed by atoms with van der Waals surface area (Å²) in [5.74, 6) is 0.367. The van der Waals surface area contributed by atoms with E-state index in [0.717, 1.165) is 37.0 Å². The Morgan fingerprint density at radius 2 is 2.15 bits per heavy atom. The number of halogens is 1.